The maximum absolute atomic E-state index is 2.31. The zero-order valence-corrected chi connectivity index (χ0v) is 13.8. The lowest BCUT2D eigenvalue weighted by molar-refractivity contribution is 0.973. The molecule has 24 heavy (non-hydrogen) atoms. The summed E-state index contributed by atoms with van der Waals surface area (Å²) in [6.07, 6.45) is 4.60. The lowest BCUT2D eigenvalue weighted by Crippen LogP contribution is -1.88. The number of fused-ring (bicyclic) bond motifs is 2. The molecule has 0 aliphatic carbocycles. The van der Waals surface area contributed by atoms with Crippen LogP contribution in [-0.4, -0.2) is 0 Å². The average Bonchev–Trinajstić information content (AvgIpc) is 2.65. The van der Waals surface area contributed by atoms with Gasteiger partial charge in [0.15, 0.2) is 0 Å². The SMILES string of the molecule is CC(/C=C/c1c2ccccc2cc2ccccc12)c1ccccc1. The third-order valence-electron chi connectivity index (χ3n) is 4.69. The first-order chi connectivity index (χ1) is 11.8. The average molecular weight is 308 g/mol. The molecule has 0 fully saturated rings. The third-order valence-corrected chi connectivity index (χ3v) is 4.69. The first-order valence-corrected chi connectivity index (χ1v) is 8.46. The summed E-state index contributed by atoms with van der Waals surface area (Å²) in [5.41, 5.74) is 2.66. The third kappa shape index (κ3) is 2.72. The summed E-state index contributed by atoms with van der Waals surface area (Å²) >= 11 is 0. The van der Waals surface area contributed by atoms with Crippen molar-refractivity contribution >= 4 is 27.6 Å². The van der Waals surface area contributed by atoms with Gasteiger partial charge in [-0.05, 0) is 44.7 Å². The first kappa shape index (κ1) is 14.7. The van der Waals surface area contributed by atoms with Crippen LogP contribution in [0.3, 0.4) is 0 Å². The Balaban J connectivity index is 1.86. The van der Waals surface area contributed by atoms with Gasteiger partial charge in [0.1, 0.15) is 0 Å². The first-order valence-electron chi connectivity index (χ1n) is 8.46. The second-order valence-electron chi connectivity index (χ2n) is 6.29. The molecule has 0 aliphatic heterocycles. The molecule has 0 bridgehead atoms. The fourth-order valence-corrected chi connectivity index (χ4v) is 3.34. The molecule has 0 saturated heterocycles. The van der Waals surface area contributed by atoms with Gasteiger partial charge in [0.2, 0.25) is 0 Å². The molecule has 0 saturated carbocycles. The number of rotatable bonds is 3. The number of benzene rings is 4. The topological polar surface area (TPSA) is 0 Å². The molecular weight excluding hydrogens is 288 g/mol. The van der Waals surface area contributed by atoms with E-state index in [1.54, 1.807) is 0 Å². The fourth-order valence-electron chi connectivity index (χ4n) is 3.34. The second kappa shape index (κ2) is 6.33. The predicted molar refractivity (Wildman–Crippen MR) is 105 cm³/mol. The highest BCUT2D eigenvalue weighted by atomic mass is 14.1. The van der Waals surface area contributed by atoms with E-state index in [9.17, 15) is 0 Å². The molecule has 1 atom stereocenters. The van der Waals surface area contributed by atoms with E-state index in [0.29, 0.717) is 5.92 Å². The smallest absolute Gasteiger partial charge is 0.000710 e. The van der Waals surface area contributed by atoms with Crippen LogP contribution in [0.4, 0.5) is 0 Å². The van der Waals surface area contributed by atoms with Gasteiger partial charge in [-0.15, -0.1) is 0 Å². The van der Waals surface area contributed by atoms with Crippen LogP contribution >= 0.6 is 0 Å². The van der Waals surface area contributed by atoms with Crippen molar-refractivity contribution in [2.45, 2.75) is 12.8 Å². The van der Waals surface area contributed by atoms with Crippen molar-refractivity contribution < 1.29 is 0 Å². The highest BCUT2D eigenvalue weighted by Crippen LogP contribution is 2.30. The minimum atomic E-state index is 0.393. The van der Waals surface area contributed by atoms with E-state index in [-0.39, 0.29) is 0 Å². The van der Waals surface area contributed by atoms with Crippen molar-refractivity contribution in [1.82, 2.24) is 0 Å². The van der Waals surface area contributed by atoms with Crippen LogP contribution < -0.4 is 0 Å². The van der Waals surface area contributed by atoms with Gasteiger partial charge in [0, 0.05) is 0 Å². The molecule has 0 N–H and O–H groups in total. The van der Waals surface area contributed by atoms with E-state index >= 15 is 0 Å². The Kier molecular flexibility index (Phi) is 3.88. The highest BCUT2D eigenvalue weighted by Gasteiger charge is 2.06. The van der Waals surface area contributed by atoms with Crippen molar-refractivity contribution in [3.63, 3.8) is 0 Å². The van der Waals surface area contributed by atoms with E-state index in [1.807, 2.05) is 0 Å². The lowest BCUT2D eigenvalue weighted by atomic mass is 9.94. The Morgan fingerprint density at radius 3 is 1.83 bits per heavy atom. The maximum Gasteiger partial charge on any atom is -0.000710 e. The molecule has 0 radical (unpaired) electrons. The molecule has 0 spiro atoms. The summed E-state index contributed by atoms with van der Waals surface area (Å²) in [5, 5.41) is 5.21. The number of hydrogen-bond donors (Lipinski definition) is 0. The van der Waals surface area contributed by atoms with Gasteiger partial charge in [-0.2, -0.15) is 0 Å². The van der Waals surface area contributed by atoms with Crippen LogP contribution in [0.2, 0.25) is 0 Å². The monoisotopic (exact) mass is 308 g/mol. The Labute approximate surface area is 143 Å². The number of allylic oxidation sites excluding steroid dienone is 1. The largest absolute Gasteiger partial charge is 0.0766 e. The van der Waals surface area contributed by atoms with Gasteiger partial charge in [-0.25, -0.2) is 0 Å². The molecule has 1 unspecified atom stereocenters. The van der Waals surface area contributed by atoms with E-state index < -0.39 is 0 Å². The van der Waals surface area contributed by atoms with Gasteiger partial charge in [0.05, 0.1) is 0 Å². The lowest BCUT2D eigenvalue weighted by Gasteiger charge is -2.10. The van der Waals surface area contributed by atoms with E-state index in [2.05, 4.69) is 104 Å². The van der Waals surface area contributed by atoms with Crippen LogP contribution in [-0.2, 0) is 0 Å². The van der Waals surface area contributed by atoms with Crippen molar-refractivity contribution in [2.24, 2.45) is 0 Å². The maximum atomic E-state index is 2.31. The molecule has 0 aliphatic rings. The van der Waals surface area contributed by atoms with Crippen molar-refractivity contribution in [1.29, 1.82) is 0 Å². The van der Waals surface area contributed by atoms with Crippen LogP contribution in [0, 0.1) is 0 Å². The molecule has 0 heterocycles. The highest BCUT2D eigenvalue weighted by molar-refractivity contribution is 6.06. The predicted octanol–water partition coefficient (Wildman–Crippen LogP) is 6.81. The van der Waals surface area contributed by atoms with Gasteiger partial charge < -0.3 is 0 Å². The Hall–Kier alpha value is -2.86. The number of hydrogen-bond acceptors (Lipinski definition) is 0. The van der Waals surface area contributed by atoms with Crippen LogP contribution in [0.25, 0.3) is 27.6 Å². The Morgan fingerprint density at radius 2 is 1.21 bits per heavy atom. The van der Waals surface area contributed by atoms with Crippen LogP contribution in [0.15, 0.2) is 91.0 Å². The Bertz CT molecular complexity index is 956. The van der Waals surface area contributed by atoms with Crippen molar-refractivity contribution in [3.8, 4) is 0 Å². The van der Waals surface area contributed by atoms with Crippen LogP contribution in [0.1, 0.15) is 24.0 Å². The van der Waals surface area contributed by atoms with E-state index in [1.165, 1.54) is 32.7 Å². The minimum Gasteiger partial charge on any atom is -0.0766 e. The normalized spacial score (nSPS) is 12.9. The quantitative estimate of drug-likeness (QED) is 0.365. The molecule has 4 rings (SSSR count). The van der Waals surface area contributed by atoms with E-state index in [4.69, 9.17) is 0 Å². The summed E-state index contributed by atoms with van der Waals surface area (Å²) in [4.78, 5) is 0. The van der Waals surface area contributed by atoms with Gasteiger partial charge >= 0.3 is 0 Å². The van der Waals surface area contributed by atoms with Gasteiger partial charge in [0.25, 0.3) is 0 Å². The fraction of sp³-hybridized carbons (Fsp3) is 0.0833. The van der Waals surface area contributed by atoms with Gasteiger partial charge in [-0.1, -0.05) is 97.9 Å². The molecule has 116 valence electrons. The molecule has 0 nitrogen and oxygen atoms in total. The summed E-state index contributed by atoms with van der Waals surface area (Å²) in [6.45, 7) is 2.25. The summed E-state index contributed by atoms with van der Waals surface area (Å²) in [7, 11) is 0. The van der Waals surface area contributed by atoms with E-state index in [0.717, 1.165) is 0 Å². The summed E-state index contributed by atoms with van der Waals surface area (Å²) in [6, 6.07) is 30.2. The Morgan fingerprint density at radius 1 is 0.667 bits per heavy atom. The molecule has 4 aromatic carbocycles. The zero-order valence-electron chi connectivity index (χ0n) is 13.8. The summed E-state index contributed by atoms with van der Waals surface area (Å²) < 4.78 is 0. The standard InChI is InChI=1S/C24H20/c1-18(19-9-3-2-4-10-19)15-16-24-22-13-7-5-11-20(22)17-21-12-6-8-14-23(21)24/h2-18H,1H3/b16-15+. The molecule has 4 aromatic rings. The zero-order chi connectivity index (χ0) is 16.4. The minimum absolute atomic E-state index is 0.393. The molecule has 0 heteroatoms. The summed E-state index contributed by atoms with van der Waals surface area (Å²) in [5.74, 6) is 0.393. The second-order valence-corrected chi connectivity index (χ2v) is 6.29. The van der Waals surface area contributed by atoms with Crippen molar-refractivity contribution in [2.75, 3.05) is 0 Å². The van der Waals surface area contributed by atoms with Crippen LogP contribution in [0.5, 0.6) is 0 Å². The molecule has 0 amide bonds. The van der Waals surface area contributed by atoms with Crippen molar-refractivity contribution in [3.05, 3.63) is 102 Å². The van der Waals surface area contributed by atoms with Gasteiger partial charge in [-0.3, -0.25) is 0 Å². The molecular formula is C24H20. The molecule has 0 aromatic heterocycles.